The number of hydrogen-bond acceptors (Lipinski definition) is 2. The van der Waals surface area contributed by atoms with E-state index in [0.717, 1.165) is 0 Å². The number of nitrogens with zero attached hydrogens (tertiary/aromatic N) is 1. The second-order valence-corrected chi connectivity index (χ2v) is 5.16. The fraction of sp³-hybridized carbons (Fsp3) is 0.500. The van der Waals surface area contributed by atoms with Crippen molar-refractivity contribution in [1.29, 1.82) is 0 Å². The standard InChI is InChI=1S/C14H17F3N2O/c1-9-2-3-11(8-12(9)14(15,16)17)19-6-4-10(5-7-19)13(18)20/h2-3,8,10H,4-7H2,1H3,(H2,18,20). The van der Waals surface area contributed by atoms with Crippen molar-refractivity contribution in [3.8, 4) is 0 Å². The van der Waals surface area contributed by atoms with E-state index in [1.54, 1.807) is 6.07 Å². The maximum atomic E-state index is 12.9. The van der Waals surface area contributed by atoms with Crippen molar-refractivity contribution in [2.45, 2.75) is 25.9 Å². The normalized spacial score (nSPS) is 17.3. The number of piperidine rings is 1. The summed E-state index contributed by atoms with van der Waals surface area (Å²) < 4.78 is 38.7. The highest BCUT2D eigenvalue weighted by atomic mass is 19.4. The summed E-state index contributed by atoms with van der Waals surface area (Å²) in [6.07, 6.45) is -3.17. The molecule has 1 heterocycles. The molecule has 0 atom stereocenters. The Morgan fingerprint density at radius 2 is 1.90 bits per heavy atom. The van der Waals surface area contributed by atoms with Gasteiger partial charge in [-0.15, -0.1) is 0 Å². The Kier molecular flexibility index (Phi) is 3.92. The number of halogens is 3. The van der Waals surface area contributed by atoms with Crippen LogP contribution in [-0.4, -0.2) is 19.0 Å². The van der Waals surface area contributed by atoms with Gasteiger partial charge in [0.25, 0.3) is 0 Å². The van der Waals surface area contributed by atoms with E-state index in [2.05, 4.69) is 0 Å². The van der Waals surface area contributed by atoms with Crippen molar-refractivity contribution in [3.05, 3.63) is 29.3 Å². The average Bonchev–Trinajstić information content (AvgIpc) is 2.38. The van der Waals surface area contributed by atoms with E-state index in [4.69, 9.17) is 5.73 Å². The zero-order chi connectivity index (χ0) is 14.9. The maximum Gasteiger partial charge on any atom is 0.416 e. The zero-order valence-electron chi connectivity index (χ0n) is 11.2. The highest BCUT2D eigenvalue weighted by molar-refractivity contribution is 5.77. The van der Waals surface area contributed by atoms with Crippen LogP contribution in [-0.2, 0) is 11.0 Å². The minimum atomic E-state index is -4.34. The Bertz CT molecular complexity index is 506. The molecule has 0 radical (unpaired) electrons. The summed E-state index contributed by atoms with van der Waals surface area (Å²) in [4.78, 5) is 13.0. The molecule has 6 heteroatoms. The SMILES string of the molecule is Cc1ccc(N2CCC(C(N)=O)CC2)cc1C(F)(F)F. The van der Waals surface area contributed by atoms with Crippen molar-refractivity contribution < 1.29 is 18.0 Å². The molecule has 0 bridgehead atoms. The molecule has 0 aliphatic carbocycles. The first kappa shape index (κ1) is 14.7. The molecule has 1 amide bonds. The van der Waals surface area contributed by atoms with Gasteiger partial charge in [-0.1, -0.05) is 6.07 Å². The first-order chi connectivity index (χ1) is 9.29. The van der Waals surface area contributed by atoms with Crippen molar-refractivity contribution in [3.63, 3.8) is 0 Å². The second-order valence-electron chi connectivity index (χ2n) is 5.16. The quantitative estimate of drug-likeness (QED) is 0.908. The predicted molar refractivity (Wildman–Crippen MR) is 70.3 cm³/mol. The third-order valence-corrected chi connectivity index (χ3v) is 3.79. The summed E-state index contributed by atoms with van der Waals surface area (Å²) in [5.74, 6) is -0.497. The first-order valence-corrected chi connectivity index (χ1v) is 6.51. The molecule has 0 unspecified atom stereocenters. The van der Waals surface area contributed by atoms with Crippen LogP contribution in [0.5, 0.6) is 0 Å². The third-order valence-electron chi connectivity index (χ3n) is 3.79. The van der Waals surface area contributed by atoms with Gasteiger partial charge in [0.1, 0.15) is 0 Å². The van der Waals surface area contributed by atoms with Gasteiger partial charge < -0.3 is 10.6 Å². The van der Waals surface area contributed by atoms with E-state index in [9.17, 15) is 18.0 Å². The number of anilines is 1. The maximum absolute atomic E-state index is 12.9. The Morgan fingerprint density at radius 1 is 1.30 bits per heavy atom. The van der Waals surface area contributed by atoms with Crippen LogP contribution < -0.4 is 10.6 Å². The molecule has 3 nitrogen and oxygen atoms in total. The first-order valence-electron chi connectivity index (χ1n) is 6.51. The molecule has 1 aromatic rings. The smallest absolute Gasteiger partial charge is 0.371 e. The summed E-state index contributed by atoms with van der Waals surface area (Å²) in [5.41, 5.74) is 5.40. The van der Waals surface area contributed by atoms with Gasteiger partial charge in [0.15, 0.2) is 0 Å². The minimum absolute atomic E-state index is 0.168. The molecule has 0 aromatic heterocycles. The number of rotatable bonds is 2. The van der Waals surface area contributed by atoms with Gasteiger partial charge in [-0.05, 0) is 37.5 Å². The summed E-state index contributed by atoms with van der Waals surface area (Å²) in [5, 5.41) is 0. The lowest BCUT2D eigenvalue weighted by atomic mass is 9.95. The molecule has 1 aliphatic rings. The molecular formula is C14H17F3N2O. The Labute approximate surface area is 115 Å². The number of carbonyl (C=O) groups is 1. The van der Waals surface area contributed by atoms with Crippen LogP contribution in [0.2, 0.25) is 0 Å². The number of nitrogens with two attached hydrogens (primary N) is 1. The van der Waals surface area contributed by atoms with Gasteiger partial charge in [0.2, 0.25) is 5.91 Å². The van der Waals surface area contributed by atoms with E-state index in [1.165, 1.54) is 19.1 Å². The van der Waals surface area contributed by atoms with Crippen molar-refractivity contribution >= 4 is 11.6 Å². The molecule has 20 heavy (non-hydrogen) atoms. The van der Waals surface area contributed by atoms with Gasteiger partial charge in [0, 0.05) is 24.7 Å². The van der Waals surface area contributed by atoms with E-state index in [1.807, 2.05) is 4.90 Å². The van der Waals surface area contributed by atoms with Gasteiger partial charge >= 0.3 is 6.18 Å². The zero-order valence-corrected chi connectivity index (χ0v) is 11.2. The molecule has 1 aliphatic heterocycles. The minimum Gasteiger partial charge on any atom is -0.371 e. The molecule has 1 saturated heterocycles. The summed E-state index contributed by atoms with van der Waals surface area (Å²) >= 11 is 0. The molecule has 1 fully saturated rings. The predicted octanol–water partition coefficient (Wildman–Crippen LogP) is 2.72. The van der Waals surface area contributed by atoms with Crippen LogP contribution in [0.1, 0.15) is 24.0 Å². The molecule has 2 rings (SSSR count). The highest BCUT2D eigenvalue weighted by Gasteiger charge is 2.33. The fourth-order valence-electron chi connectivity index (χ4n) is 2.53. The average molecular weight is 286 g/mol. The lowest BCUT2D eigenvalue weighted by Gasteiger charge is -2.32. The number of amides is 1. The van der Waals surface area contributed by atoms with Gasteiger partial charge in [-0.2, -0.15) is 13.2 Å². The summed E-state index contributed by atoms with van der Waals surface area (Å²) in [7, 11) is 0. The summed E-state index contributed by atoms with van der Waals surface area (Å²) in [6.45, 7) is 2.55. The largest absolute Gasteiger partial charge is 0.416 e. The van der Waals surface area contributed by atoms with Crippen LogP contribution in [0.15, 0.2) is 18.2 Å². The Hall–Kier alpha value is -1.72. The van der Waals surface area contributed by atoms with E-state index >= 15 is 0 Å². The summed E-state index contributed by atoms with van der Waals surface area (Å²) in [6, 6.07) is 4.35. The van der Waals surface area contributed by atoms with Crippen molar-refractivity contribution in [2.75, 3.05) is 18.0 Å². The lowest BCUT2D eigenvalue weighted by Crippen LogP contribution is -2.38. The van der Waals surface area contributed by atoms with Crippen LogP contribution >= 0.6 is 0 Å². The van der Waals surface area contributed by atoms with Crippen LogP contribution in [0, 0.1) is 12.8 Å². The van der Waals surface area contributed by atoms with Crippen LogP contribution in [0.25, 0.3) is 0 Å². The van der Waals surface area contributed by atoms with Crippen molar-refractivity contribution in [2.24, 2.45) is 11.7 Å². The Balaban J connectivity index is 2.17. The van der Waals surface area contributed by atoms with E-state index in [-0.39, 0.29) is 17.4 Å². The molecule has 1 aromatic carbocycles. The van der Waals surface area contributed by atoms with Crippen molar-refractivity contribution in [1.82, 2.24) is 0 Å². The van der Waals surface area contributed by atoms with Gasteiger partial charge in [-0.25, -0.2) is 0 Å². The monoisotopic (exact) mass is 286 g/mol. The molecule has 0 spiro atoms. The number of hydrogen-bond donors (Lipinski definition) is 1. The molecular weight excluding hydrogens is 269 g/mol. The van der Waals surface area contributed by atoms with Gasteiger partial charge in [-0.3, -0.25) is 4.79 Å². The topological polar surface area (TPSA) is 46.3 Å². The fourth-order valence-corrected chi connectivity index (χ4v) is 2.53. The number of aryl methyl sites for hydroxylation is 1. The second kappa shape index (κ2) is 5.34. The molecule has 0 saturated carbocycles. The number of primary amides is 1. The number of benzene rings is 1. The number of alkyl halides is 3. The number of carbonyl (C=O) groups excluding carboxylic acids is 1. The van der Waals surface area contributed by atoms with Gasteiger partial charge in [0.05, 0.1) is 5.56 Å². The van der Waals surface area contributed by atoms with E-state index < -0.39 is 11.7 Å². The molecule has 110 valence electrons. The Morgan fingerprint density at radius 3 is 2.40 bits per heavy atom. The molecule has 2 N–H and O–H groups in total. The highest BCUT2D eigenvalue weighted by Crippen LogP contribution is 2.35. The lowest BCUT2D eigenvalue weighted by molar-refractivity contribution is -0.138. The van der Waals surface area contributed by atoms with Crippen LogP contribution in [0.4, 0.5) is 18.9 Å². The van der Waals surface area contributed by atoms with E-state index in [0.29, 0.717) is 31.6 Å². The third kappa shape index (κ3) is 3.05. The van der Waals surface area contributed by atoms with Crippen LogP contribution in [0.3, 0.4) is 0 Å².